The van der Waals surface area contributed by atoms with Gasteiger partial charge in [0.05, 0.1) is 13.2 Å². The van der Waals surface area contributed by atoms with Gasteiger partial charge in [-0.25, -0.2) is 4.79 Å². The van der Waals surface area contributed by atoms with E-state index in [0.717, 1.165) is 5.56 Å². The summed E-state index contributed by atoms with van der Waals surface area (Å²) in [7, 11) is 1.29. The third-order valence-electron chi connectivity index (χ3n) is 3.39. The standard InChI is InChI=1S/C12H16N6O2/c1-20-11(19)12(13)5-10(16-17-14)8-18(12)7-9-3-2-4-15-6-9/h2-4,6,10H,5,7-8,13H2,1H3/t10-,12+/m1/s1. The van der Waals surface area contributed by atoms with Crippen LogP contribution in [-0.4, -0.2) is 41.2 Å². The SMILES string of the molecule is COC(=O)[C@]1(N)C[C@@H](N=[N+]=[N-])CN1Cc1cccnc1. The van der Waals surface area contributed by atoms with Crippen LogP contribution in [0.25, 0.3) is 10.4 Å². The molecule has 0 radical (unpaired) electrons. The number of methoxy groups -OCH3 is 1. The molecule has 0 aromatic carbocycles. The first-order valence-electron chi connectivity index (χ1n) is 6.15. The van der Waals surface area contributed by atoms with Gasteiger partial charge in [0.15, 0.2) is 5.66 Å². The molecule has 0 unspecified atom stereocenters. The molecule has 1 fully saturated rings. The van der Waals surface area contributed by atoms with Crippen LogP contribution in [0.5, 0.6) is 0 Å². The number of likely N-dealkylation sites (tertiary alicyclic amines) is 1. The minimum atomic E-state index is -1.27. The number of hydrogen-bond acceptors (Lipinski definition) is 6. The molecule has 8 nitrogen and oxygen atoms in total. The van der Waals surface area contributed by atoms with Crippen molar-refractivity contribution in [2.24, 2.45) is 10.8 Å². The van der Waals surface area contributed by atoms with Crippen LogP contribution in [0.15, 0.2) is 29.6 Å². The van der Waals surface area contributed by atoms with E-state index >= 15 is 0 Å². The first-order valence-corrected chi connectivity index (χ1v) is 6.15. The van der Waals surface area contributed by atoms with E-state index in [1.54, 1.807) is 17.3 Å². The summed E-state index contributed by atoms with van der Waals surface area (Å²) >= 11 is 0. The average molecular weight is 276 g/mol. The Kier molecular flexibility index (Phi) is 4.19. The molecule has 0 aliphatic carbocycles. The van der Waals surface area contributed by atoms with Crippen LogP contribution >= 0.6 is 0 Å². The Labute approximate surface area is 116 Å². The molecule has 0 amide bonds. The Morgan fingerprint density at radius 1 is 1.80 bits per heavy atom. The van der Waals surface area contributed by atoms with Crippen molar-refractivity contribution in [1.82, 2.24) is 9.88 Å². The fourth-order valence-electron chi connectivity index (χ4n) is 2.43. The lowest BCUT2D eigenvalue weighted by molar-refractivity contribution is -0.153. The van der Waals surface area contributed by atoms with Crippen molar-refractivity contribution >= 4 is 5.97 Å². The second kappa shape index (κ2) is 5.87. The molecule has 0 bridgehead atoms. The molecule has 20 heavy (non-hydrogen) atoms. The number of rotatable bonds is 4. The van der Waals surface area contributed by atoms with Crippen molar-refractivity contribution in [3.63, 3.8) is 0 Å². The largest absolute Gasteiger partial charge is 0.467 e. The highest BCUT2D eigenvalue weighted by atomic mass is 16.5. The highest BCUT2D eigenvalue weighted by Crippen LogP contribution is 2.29. The zero-order valence-corrected chi connectivity index (χ0v) is 11.1. The number of carbonyl (C=O) groups is 1. The molecule has 106 valence electrons. The van der Waals surface area contributed by atoms with Crippen molar-refractivity contribution < 1.29 is 9.53 Å². The summed E-state index contributed by atoms with van der Waals surface area (Å²) in [6.07, 6.45) is 3.62. The van der Waals surface area contributed by atoms with E-state index in [2.05, 4.69) is 15.0 Å². The minimum absolute atomic E-state index is 0.240. The van der Waals surface area contributed by atoms with E-state index in [-0.39, 0.29) is 12.5 Å². The number of nitrogens with two attached hydrogens (primary N) is 1. The summed E-state index contributed by atoms with van der Waals surface area (Å²) < 4.78 is 4.78. The maximum absolute atomic E-state index is 11.9. The van der Waals surface area contributed by atoms with Gasteiger partial charge in [-0.15, -0.1) is 0 Å². The molecule has 1 aromatic rings. The van der Waals surface area contributed by atoms with Crippen molar-refractivity contribution in [3.8, 4) is 0 Å². The summed E-state index contributed by atoms with van der Waals surface area (Å²) in [6, 6.07) is 3.36. The fourth-order valence-corrected chi connectivity index (χ4v) is 2.43. The van der Waals surface area contributed by atoms with Gasteiger partial charge in [0.25, 0.3) is 0 Å². The molecule has 1 aliphatic rings. The predicted octanol–water partition coefficient (Wildman–Crippen LogP) is 0.794. The molecular weight excluding hydrogens is 260 g/mol. The number of carbonyl (C=O) groups excluding carboxylic acids is 1. The van der Waals surface area contributed by atoms with E-state index in [0.29, 0.717) is 13.1 Å². The Hall–Kier alpha value is -2.15. The summed E-state index contributed by atoms with van der Waals surface area (Å²) in [5, 5.41) is 3.66. The van der Waals surface area contributed by atoms with Gasteiger partial charge >= 0.3 is 5.97 Å². The zero-order chi connectivity index (χ0) is 14.6. The first-order chi connectivity index (χ1) is 9.60. The molecule has 0 spiro atoms. The van der Waals surface area contributed by atoms with Gasteiger partial charge < -0.3 is 10.5 Å². The molecule has 1 aliphatic heterocycles. The van der Waals surface area contributed by atoms with Crippen LogP contribution in [0.4, 0.5) is 0 Å². The average Bonchev–Trinajstić information content (AvgIpc) is 2.77. The fraction of sp³-hybridized carbons (Fsp3) is 0.500. The summed E-state index contributed by atoms with van der Waals surface area (Å²) in [6.45, 7) is 0.849. The van der Waals surface area contributed by atoms with E-state index in [1.165, 1.54) is 7.11 Å². The van der Waals surface area contributed by atoms with Crippen molar-refractivity contribution in [2.45, 2.75) is 24.7 Å². The number of nitrogens with zero attached hydrogens (tertiary/aromatic N) is 5. The number of esters is 1. The lowest BCUT2D eigenvalue weighted by Crippen LogP contribution is -2.58. The quantitative estimate of drug-likeness (QED) is 0.377. The summed E-state index contributed by atoms with van der Waals surface area (Å²) in [4.78, 5) is 20.5. The third kappa shape index (κ3) is 2.72. The van der Waals surface area contributed by atoms with Crippen LogP contribution in [0.1, 0.15) is 12.0 Å². The Morgan fingerprint density at radius 3 is 3.20 bits per heavy atom. The number of aromatic nitrogens is 1. The number of ether oxygens (including phenoxy) is 1. The monoisotopic (exact) mass is 276 g/mol. The molecule has 1 saturated heterocycles. The lowest BCUT2D eigenvalue weighted by atomic mass is 10.1. The van der Waals surface area contributed by atoms with Crippen molar-refractivity contribution in [3.05, 3.63) is 40.5 Å². The number of azide groups is 1. The van der Waals surface area contributed by atoms with Crippen molar-refractivity contribution in [2.75, 3.05) is 13.7 Å². The molecule has 0 saturated carbocycles. The molecule has 1 aromatic heterocycles. The Balaban J connectivity index is 2.23. The second-order valence-corrected chi connectivity index (χ2v) is 4.72. The Bertz CT molecular complexity index is 530. The topological polar surface area (TPSA) is 117 Å². The molecule has 2 atom stereocenters. The smallest absolute Gasteiger partial charge is 0.341 e. The van der Waals surface area contributed by atoms with Gasteiger partial charge in [0.2, 0.25) is 0 Å². The molecule has 2 N–H and O–H groups in total. The zero-order valence-electron chi connectivity index (χ0n) is 11.1. The van der Waals surface area contributed by atoms with E-state index < -0.39 is 11.6 Å². The van der Waals surface area contributed by atoms with E-state index in [4.69, 9.17) is 16.0 Å². The number of pyridine rings is 1. The predicted molar refractivity (Wildman–Crippen MR) is 71.1 cm³/mol. The molecule has 2 heterocycles. The maximum atomic E-state index is 11.9. The van der Waals surface area contributed by atoms with Crippen LogP contribution < -0.4 is 5.73 Å². The van der Waals surface area contributed by atoms with Gasteiger partial charge in [-0.3, -0.25) is 9.88 Å². The van der Waals surface area contributed by atoms with E-state index in [9.17, 15) is 4.79 Å². The van der Waals surface area contributed by atoms with Gasteiger partial charge in [0.1, 0.15) is 0 Å². The third-order valence-corrected chi connectivity index (χ3v) is 3.39. The molecular formula is C12H16N6O2. The van der Waals surface area contributed by atoms with Gasteiger partial charge in [0, 0.05) is 30.4 Å². The first kappa shape index (κ1) is 14.3. The number of hydrogen-bond donors (Lipinski definition) is 1. The highest BCUT2D eigenvalue weighted by Gasteiger charge is 2.49. The normalized spacial score (nSPS) is 26.0. The lowest BCUT2D eigenvalue weighted by Gasteiger charge is -2.31. The Morgan fingerprint density at radius 2 is 2.60 bits per heavy atom. The van der Waals surface area contributed by atoms with Crippen LogP contribution in [0, 0.1) is 0 Å². The molecule has 8 heteroatoms. The van der Waals surface area contributed by atoms with Crippen LogP contribution in [-0.2, 0) is 16.1 Å². The second-order valence-electron chi connectivity index (χ2n) is 4.72. The minimum Gasteiger partial charge on any atom is -0.467 e. The van der Waals surface area contributed by atoms with Crippen LogP contribution in [0.2, 0.25) is 0 Å². The van der Waals surface area contributed by atoms with Crippen molar-refractivity contribution in [1.29, 1.82) is 0 Å². The maximum Gasteiger partial charge on any atom is 0.341 e. The highest BCUT2D eigenvalue weighted by molar-refractivity contribution is 5.80. The summed E-state index contributed by atoms with van der Waals surface area (Å²) in [5.41, 5.74) is 14.4. The van der Waals surface area contributed by atoms with Gasteiger partial charge in [-0.2, -0.15) is 0 Å². The van der Waals surface area contributed by atoms with Crippen LogP contribution in [0.3, 0.4) is 0 Å². The molecule has 2 rings (SSSR count). The van der Waals surface area contributed by atoms with Gasteiger partial charge in [-0.05, 0) is 23.6 Å². The van der Waals surface area contributed by atoms with Gasteiger partial charge in [-0.1, -0.05) is 11.2 Å². The summed E-state index contributed by atoms with van der Waals surface area (Å²) in [5.74, 6) is -0.531. The van der Waals surface area contributed by atoms with E-state index in [1.807, 2.05) is 12.1 Å².